The number of rotatable bonds is 4. The quantitative estimate of drug-likeness (QED) is 0.409. The van der Waals surface area contributed by atoms with Gasteiger partial charge < -0.3 is 21.4 Å². The van der Waals surface area contributed by atoms with Crippen molar-refractivity contribution >= 4 is 40.9 Å². The minimum Gasteiger partial charge on any atom is -0.387 e. The Labute approximate surface area is 160 Å². The Kier molecular flexibility index (Phi) is 4.99. The van der Waals surface area contributed by atoms with Crippen LogP contribution in [-0.2, 0) is 0 Å². The van der Waals surface area contributed by atoms with Crippen molar-refractivity contribution in [3.63, 3.8) is 0 Å². The average molecular weight is 378 g/mol. The number of anilines is 1. The van der Waals surface area contributed by atoms with E-state index in [4.69, 9.17) is 22.3 Å². The molecule has 142 valence electrons. The lowest BCUT2D eigenvalue weighted by Gasteiger charge is -2.09. The van der Waals surface area contributed by atoms with E-state index in [1.807, 2.05) is 0 Å². The van der Waals surface area contributed by atoms with E-state index < -0.39 is 5.82 Å². The topological polar surface area (TPSA) is 143 Å². The van der Waals surface area contributed by atoms with Gasteiger partial charge in [0.1, 0.15) is 11.3 Å². The summed E-state index contributed by atoms with van der Waals surface area (Å²) in [5, 5.41) is 15.5. The number of allylic oxidation sites excluding steroid dienone is 1. The molecule has 2 aromatic heterocycles. The summed E-state index contributed by atoms with van der Waals surface area (Å²) in [6.07, 6.45) is 5.77. The summed E-state index contributed by atoms with van der Waals surface area (Å²) in [6.45, 7) is 3.37. The number of nitrogens with zero attached hydrogens (tertiary/aromatic N) is 4. The number of aliphatic imine (C=N–C) groups is 1. The van der Waals surface area contributed by atoms with Crippen molar-refractivity contribution in [2.45, 2.75) is 13.8 Å². The van der Waals surface area contributed by atoms with Crippen LogP contribution in [0.15, 0.2) is 35.5 Å². The Hall–Kier alpha value is -3.88. The van der Waals surface area contributed by atoms with E-state index in [9.17, 15) is 4.39 Å². The van der Waals surface area contributed by atoms with Gasteiger partial charge >= 0.3 is 0 Å². The molecule has 8 nitrogen and oxygen atoms in total. The fourth-order valence-electron chi connectivity index (χ4n) is 2.88. The Morgan fingerprint density at radius 3 is 2.79 bits per heavy atom. The minimum atomic E-state index is -0.643. The standard InChI is InChI=1S/C19H19FN8/c1-10(22)26-18(23)14-8-12(13-4-6-25-19(24)16(13)20)9-15-17(14)27-11(2)28(15)7-3-5-21/h3-9,21H,1-2H3,(H2,24,25)(H3,22,23,26)/b7-3+,21-5?. The van der Waals surface area contributed by atoms with Gasteiger partial charge in [-0.2, -0.15) is 0 Å². The maximum atomic E-state index is 14.6. The van der Waals surface area contributed by atoms with E-state index in [0.717, 1.165) is 6.21 Å². The van der Waals surface area contributed by atoms with Crippen LogP contribution in [0.3, 0.4) is 0 Å². The first-order valence-corrected chi connectivity index (χ1v) is 8.33. The molecule has 28 heavy (non-hydrogen) atoms. The molecule has 0 spiro atoms. The fraction of sp³-hybridized carbons (Fsp3) is 0.105. The molecule has 0 saturated carbocycles. The van der Waals surface area contributed by atoms with Gasteiger partial charge in [-0.25, -0.2) is 19.4 Å². The summed E-state index contributed by atoms with van der Waals surface area (Å²) in [6, 6.07) is 4.89. The van der Waals surface area contributed by atoms with Gasteiger partial charge in [-0.05, 0) is 43.7 Å². The molecule has 3 aromatic rings. The van der Waals surface area contributed by atoms with Gasteiger partial charge in [-0.1, -0.05) is 0 Å². The first-order chi connectivity index (χ1) is 13.3. The summed E-state index contributed by atoms with van der Waals surface area (Å²) in [4.78, 5) is 12.3. The monoisotopic (exact) mass is 378 g/mol. The van der Waals surface area contributed by atoms with Crippen molar-refractivity contribution in [1.29, 1.82) is 10.8 Å². The molecule has 9 heteroatoms. The predicted octanol–water partition coefficient (Wildman–Crippen LogP) is 2.95. The zero-order valence-electron chi connectivity index (χ0n) is 15.4. The fourth-order valence-corrected chi connectivity index (χ4v) is 2.88. The number of imidazole rings is 1. The van der Waals surface area contributed by atoms with Crippen molar-refractivity contribution in [1.82, 2.24) is 14.5 Å². The number of hydrogen-bond donors (Lipinski definition) is 4. The van der Waals surface area contributed by atoms with Crippen molar-refractivity contribution in [3.05, 3.63) is 47.7 Å². The molecule has 6 N–H and O–H groups in total. The van der Waals surface area contributed by atoms with E-state index in [1.165, 1.54) is 12.3 Å². The SMILES string of the molecule is CC(N)=NC(=N)c1cc(-c2ccnc(N)c2F)cc2c1nc(C)n2/C=C/C=N. The molecule has 0 radical (unpaired) electrons. The highest BCUT2D eigenvalue weighted by atomic mass is 19.1. The molecule has 0 atom stereocenters. The van der Waals surface area contributed by atoms with Crippen molar-refractivity contribution < 1.29 is 4.39 Å². The van der Waals surface area contributed by atoms with E-state index in [1.54, 1.807) is 42.8 Å². The van der Waals surface area contributed by atoms with Crippen LogP contribution in [0.5, 0.6) is 0 Å². The predicted molar refractivity (Wildman–Crippen MR) is 110 cm³/mol. The average Bonchev–Trinajstić information content (AvgIpc) is 2.96. The number of aromatic nitrogens is 3. The molecular weight excluding hydrogens is 359 g/mol. The number of amidine groups is 2. The Bertz CT molecular complexity index is 1150. The highest BCUT2D eigenvalue weighted by Gasteiger charge is 2.18. The second-order valence-corrected chi connectivity index (χ2v) is 6.09. The van der Waals surface area contributed by atoms with Crippen LogP contribution in [0.2, 0.25) is 0 Å². The van der Waals surface area contributed by atoms with Crippen LogP contribution < -0.4 is 11.5 Å². The highest BCUT2D eigenvalue weighted by molar-refractivity contribution is 6.12. The smallest absolute Gasteiger partial charge is 0.173 e. The van der Waals surface area contributed by atoms with Crippen LogP contribution in [0.1, 0.15) is 18.3 Å². The number of nitrogen functional groups attached to an aromatic ring is 1. The van der Waals surface area contributed by atoms with Gasteiger partial charge in [-0.15, -0.1) is 0 Å². The molecule has 0 fully saturated rings. The molecule has 0 aliphatic heterocycles. The first-order valence-electron chi connectivity index (χ1n) is 8.33. The van der Waals surface area contributed by atoms with E-state index >= 15 is 0 Å². The van der Waals surface area contributed by atoms with Crippen molar-refractivity contribution in [3.8, 4) is 11.1 Å². The third-order valence-corrected chi connectivity index (χ3v) is 4.07. The van der Waals surface area contributed by atoms with Gasteiger partial charge in [0, 0.05) is 29.7 Å². The third kappa shape index (κ3) is 3.37. The largest absolute Gasteiger partial charge is 0.387 e. The van der Waals surface area contributed by atoms with Crippen LogP contribution in [-0.4, -0.2) is 32.4 Å². The molecular formula is C19H19FN8. The number of hydrogen-bond acceptors (Lipinski definition) is 5. The van der Waals surface area contributed by atoms with E-state index in [2.05, 4.69) is 15.0 Å². The molecule has 0 saturated heterocycles. The van der Waals surface area contributed by atoms with Gasteiger partial charge in [-0.3, -0.25) is 5.41 Å². The van der Waals surface area contributed by atoms with Crippen LogP contribution in [0.25, 0.3) is 28.4 Å². The van der Waals surface area contributed by atoms with Crippen LogP contribution >= 0.6 is 0 Å². The number of aryl methyl sites for hydroxylation is 1. The zero-order chi connectivity index (χ0) is 20.4. The Balaban J connectivity index is 2.38. The van der Waals surface area contributed by atoms with Crippen molar-refractivity contribution in [2.24, 2.45) is 10.7 Å². The van der Waals surface area contributed by atoms with Gasteiger partial charge in [0.25, 0.3) is 0 Å². The Morgan fingerprint density at radius 1 is 1.36 bits per heavy atom. The number of nitrogens with one attached hydrogen (secondary N) is 2. The second kappa shape index (κ2) is 7.39. The summed E-state index contributed by atoms with van der Waals surface area (Å²) < 4.78 is 16.3. The van der Waals surface area contributed by atoms with E-state index in [-0.39, 0.29) is 23.1 Å². The third-order valence-electron chi connectivity index (χ3n) is 4.07. The molecule has 0 bridgehead atoms. The van der Waals surface area contributed by atoms with Gasteiger partial charge in [0.05, 0.1) is 11.4 Å². The normalized spacial score (nSPS) is 12.0. The molecule has 2 heterocycles. The first kappa shape index (κ1) is 18.9. The van der Waals surface area contributed by atoms with Gasteiger partial charge in [0.15, 0.2) is 17.5 Å². The lowest BCUT2D eigenvalue weighted by atomic mass is 10.0. The summed E-state index contributed by atoms with van der Waals surface area (Å²) in [5.41, 5.74) is 13.5. The number of halogens is 1. The number of benzene rings is 1. The zero-order valence-corrected chi connectivity index (χ0v) is 15.4. The Morgan fingerprint density at radius 2 is 2.11 bits per heavy atom. The van der Waals surface area contributed by atoms with Gasteiger partial charge in [0.2, 0.25) is 0 Å². The molecule has 1 aromatic carbocycles. The minimum absolute atomic E-state index is 0.0880. The maximum Gasteiger partial charge on any atom is 0.173 e. The van der Waals surface area contributed by atoms with Crippen molar-refractivity contribution in [2.75, 3.05) is 5.73 Å². The van der Waals surface area contributed by atoms with E-state index in [0.29, 0.717) is 28.0 Å². The summed E-state index contributed by atoms with van der Waals surface area (Å²) >= 11 is 0. The number of pyridine rings is 1. The lowest BCUT2D eigenvalue weighted by Crippen LogP contribution is -2.10. The maximum absolute atomic E-state index is 14.6. The number of fused-ring (bicyclic) bond motifs is 1. The van der Waals surface area contributed by atoms with Crippen LogP contribution in [0.4, 0.5) is 10.2 Å². The molecule has 0 unspecified atom stereocenters. The summed E-state index contributed by atoms with van der Waals surface area (Å²) in [5.74, 6) is -0.0747. The molecule has 0 amide bonds. The number of nitrogens with two attached hydrogens (primary N) is 2. The molecule has 0 aliphatic carbocycles. The van der Waals surface area contributed by atoms with Crippen LogP contribution in [0, 0.1) is 23.6 Å². The molecule has 0 aliphatic rings. The second-order valence-electron chi connectivity index (χ2n) is 6.09. The highest BCUT2D eigenvalue weighted by Crippen LogP contribution is 2.31. The summed E-state index contributed by atoms with van der Waals surface area (Å²) in [7, 11) is 0. The lowest BCUT2D eigenvalue weighted by molar-refractivity contribution is 0.631. The molecule has 3 rings (SSSR count).